The Morgan fingerprint density at radius 1 is 1.26 bits per heavy atom. The molecule has 2 aliphatic rings. The summed E-state index contributed by atoms with van der Waals surface area (Å²) in [4.78, 5) is 11.3. The monoisotopic (exact) mass is 331 g/mol. The van der Waals surface area contributed by atoms with E-state index in [4.69, 9.17) is 9.47 Å². The van der Waals surface area contributed by atoms with Gasteiger partial charge < -0.3 is 29.5 Å². The Morgan fingerprint density at radius 2 is 2.00 bits per heavy atom. The standard InChI is InChI=1S/C16H27O7/c1-9-13(18)14(19)15(20)16(22-9)23-11-6-4-3-5-10(11)7-8-12(17)21-2/h6,9-11,13-16,18-20H,3-5,7-8H2,1-2H3/t9-,10-,11-,13+,14+,15-,16+/m1/s1. The lowest BCUT2D eigenvalue weighted by molar-refractivity contribution is -0.306. The van der Waals surface area contributed by atoms with Crippen molar-refractivity contribution in [2.24, 2.45) is 5.92 Å². The highest BCUT2D eigenvalue weighted by Gasteiger charge is 2.44. The molecule has 133 valence electrons. The van der Waals surface area contributed by atoms with E-state index >= 15 is 0 Å². The molecule has 23 heavy (non-hydrogen) atoms. The van der Waals surface area contributed by atoms with Crippen LogP contribution in [0.1, 0.15) is 39.0 Å². The third-order valence-electron chi connectivity index (χ3n) is 4.69. The lowest BCUT2D eigenvalue weighted by atomic mass is 9.83. The Morgan fingerprint density at radius 3 is 2.70 bits per heavy atom. The molecule has 3 N–H and O–H groups in total. The number of rotatable bonds is 5. The van der Waals surface area contributed by atoms with Crippen LogP contribution >= 0.6 is 0 Å². The number of aliphatic hydroxyl groups excluding tert-OH is 3. The van der Waals surface area contributed by atoms with Crippen molar-refractivity contribution in [2.75, 3.05) is 7.11 Å². The van der Waals surface area contributed by atoms with Crippen LogP contribution in [0.15, 0.2) is 0 Å². The zero-order valence-electron chi connectivity index (χ0n) is 13.6. The van der Waals surface area contributed by atoms with Crippen molar-refractivity contribution in [3.8, 4) is 0 Å². The highest BCUT2D eigenvalue weighted by Crippen LogP contribution is 2.33. The first-order valence-electron chi connectivity index (χ1n) is 8.19. The van der Waals surface area contributed by atoms with Gasteiger partial charge in [0.25, 0.3) is 0 Å². The van der Waals surface area contributed by atoms with Crippen LogP contribution in [0.2, 0.25) is 0 Å². The summed E-state index contributed by atoms with van der Waals surface area (Å²) in [6, 6.07) is 0. The minimum absolute atomic E-state index is 0.137. The molecule has 1 aliphatic heterocycles. The molecular weight excluding hydrogens is 304 g/mol. The molecule has 7 atom stereocenters. The summed E-state index contributed by atoms with van der Waals surface area (Å²) in [6.07, 6.45) is 0.166. The molecule has 7 nitrogen and oxygen atoms in total. The van der Waals surface area contributed by atoms with E-state index in [0.29, 0.717) is 12.8 Å². The second-order valence-corrected chi connectivity index (χ2v) is 6.32. The number of hydrogen-bond acceptors (Lipinski definition) is 7. The topological polar surface area (TPSA) is 105 Å². The number of hydrogen-bond donors (Lipinski definition) is 3. The predicted molar refractivity (Wildman–Crippen MR) is 80.1 cm³/mol. The van der Waals surface area contributed by atoms with Crippen LogP contribution in [0, 0.1) is 12.3 Å². The van der Waals surface area contributed by atoms with E-state index in [9.17, 15) is 20.1 Å². The van der Waals surface area contributed by atoms with Gasteiger partial charge in [-0.3, -0.25) is 4.79 Å². The summed E-state index contributed by atoms with van der Waals surface area (Å²) in [5.41, 5.74) is 0. The Kier molecular flexibility index (Phi) is 6.79. The molecule has 1 aliphatic carbocycles. The van der Waals surface area contributed by atoms with Crippen molar-refractivity contribution in [1.82, 2.24) is 0 Å². The van der Waals surface area contributed by atoms with Crippen LogP contribution in [-0.4, -0.2) is 65.2 Å². The molecule has 2 fully saturated rings. The number of ether oxygens (including phenoxy) is 3. The SMILES string of the molecule is COC(=O)CC[C@H]1CCC[CH][C@H]1O[C@@H]1O[C@H](C)[C@H](O)[C@H](O)[C@H]1O. The molecule has 1 heterocycles. The minimum Gasteiger partial charge on any atom is -0.469 e. The summed E-state index contributed by atoms with van der Waals surface area (Å²) in [7, 11) is 1.36. The normalized spacial score (nSPS) is 41.5. The van der Waals surface area contributed by atoms with E-state index in [1.165, 1.54) is 7.11 Å². The number of esters is 1. The van der Waals surface area contributed by atoms with Crippen LogP contribution in [0.4, 0.5) is 0 Å². The average Bonchev–Trinajstić information content (AvgIpc) is 2.56. The smallest absolute Gasteiger partial charge is 0.305 e. The van der Waals surface area contributed by atoms with Gasteiger partial charge >= 0.3 is 5.97 Å². The first-order valence-corrected chi connectivity index (χ1v) is 8.19. The van der Waals surface area contributed by atoms with Crippen LogP contribution in [-0.2, 0) is 19.0 Å². The lowest BCUT2D eigenvalue weighted by Gasteiger charge is -2.42. The van der Waals surface area contributed by atoms with Crippen molar-refractivity contribution in [3.63, 3.8) is 0 Å². The fourth-order valence-corrected chi connectivity index (χ4v) is 3.18. The number of methoxy groups -OCH3 is 1. The van der Waals surface area contributed by atoms with E-state index in [1.807, 2.05) is 6.42 Å². The van der Waals surface area contributed by atoms with E-state index in [-0.39, 0.29) is 18.0 Å². The van der Waals surface area contributed by atoms with Crippen molar-refractivity contribution in [2.45, 2.75) is 75.8 Å². The Bertz CT molecular complexity index is 389. The number of carbonyl (C=O) groups is 1. The second-order valence-electron chi connectivity index (χ2n) is 6.32. The van der Waals surface area contributed by atoms with Crippen LogP contribution < -0.4 is 0 Å². The molecule has 7 heteroatoms. The quantitative estimate of drug-likeness (QED) is 0.616. The molecule has 0 unspecified atom stereocenters. The molecule has 0 bridgehead atoms. The molecular formula is C16H27O7. The maximum absolute atomic E-state index is 11.3. The van der Waals surface area contributed by atoms with Gasteiger partial charge in [-0.25, -0.2) is 0 Å². The van der Waals surface area contributed by atoms with Gasteiger partial charge in [-0.15, -0.1) is 0 Å². The van der Waals surface area contributed by atoms with Gasteiger partial charge in [0.2, 0.25) is 0 Å². The average molecular weight is 331 g/mol. The molecule has 1 saturated carbocycles. The Balaban J connectivity index is 1.94. The first-order chi connectivity index (χ1) is 10.9. The minimum atomic E-state index is -1.31. The van der Waals surface area contributed by atoms with E-state index in [1.54, 1.807) is 6.92 Å². The largest absolute Gasteiger partial charge is 0.469 e. The lowest BCUT2D eigenvalue weighted by Crippen LogP contribution is -2.58. The molecule has 1 saturated heterocycles. The van der Waals surface area contributed by atoms with E-state index in [0.717, 1.165) is 19.3 Å². The molecule has 1 radical (unpaired) electrons. The maximum atomic E-state index is 11.3. The summed E-state index contributed by atoms with van der Waals surface area (Å²) in [5.74, 6) is -0.117. The third kappa shape index (κ3) is 4.64. The fourth-order valence-electron chi connectivity index (χ4n) is 3.18. The van der Waals surface area contributed by atoms with Crippen molar-refractivity contribution in [1.29, 1.82) is 0 Å². The van der Waals surface area contributed by atoms with E-state index in [2.05, 4.69) is 4.74 Å². The van der Waals surface area contributed by atoms with Crippen LogP contribution in [0.5, 0.6) is 0 Å². The van der Waals surface area contributed by atoms with Gasteiger partial charge in [-0.2, -0.15) is 0 Å². The van der Waals surface area contributed by atoms with E-state index < -0.39 is 30.7 Å². The Hall–Kier alpha value is -0.730. The first kappa shape index (κ1) is 18.6. The predicted octanol–water partition coefficient (Wildman–Crippen LogP) is 0.157. The maximum Gasteiger partial charge on any atom is 0.305 e. The second kappa shape index (κ2) is 8.39. The summed E-state index contributed by atoms with van der Waals surface area (Å²) in [5, 5.41) is 29.6. The van der Waals surface area contributed by atoms with Gasteiger partial charge in [0.1, 0.15) is 18.3 Å². The molecule has 0 aromatic rings. The zero-order chi connectivity index (χ0) is 17.0. The van der Waals surface area contributed by atoms with Gasteiger partial charge in [0, 0.05) is 6.42 Å². The fraction of sp³-hybridized carbons (Fsp3) is 0.875. The van der Waals surface area contributed by atoms with Crippen molar-refractivity contribution < 1.29 is 34.3 Å². The number of carbonyl (C=O) groups excluding carboxylic acids is 1. The highest BCUT2D eigenvalue weighted by atomic mass is 16.7. The molecule has 0 aromatic carbocycles. The van der Waals surface area contributed by atoms with Gasteiger partial charge in [0.05, 0.1) is 19.3 Å². The summed E-state index contributed by atoms with van der Waals surface area (Å²) < 4.78 is 16.0. The molecule has 0 aromatic heterocycles. The van der Waals surface area contributed by atoms with Crippen molar-refractivity contribution >= 4 is 5.97 Å². The Labute approximate surface area is 136 Å². The molecule has 2 rings (SSSR count). The highest BCUT2D eigenvalue weighted by molar-refractivity contribution is 5.69. The summed E-state index contributed by atoms with van der Waals surface area (Å²) in [6.45, 7) is 1.62. The third-order valence-corrected chi connectivity index (χ3v) is 4.69. The van der Waals surface area contributed by atoms with Crippen LogP contribution in [0.25, 0.3) is 0 Å². The van der Waals surface area contributed by atoms with Gasteiger partial charge in [0.15, 0.2) is 6.29 Å². The van der Waals surface area contributed by atoms with Crippen molar-refractivity contribution in [3.05, 3.63) is 6.42 Å². The van der Waals surface area contributed by atoms with Gasteiger partial charge in [-0.1, -0.05) is 6.42 Å². The van der Waals surface area contributed by atoms with Crippen LogP contribution in [0.3, 0.4) is 0 Å². The molecule has 0 amide bonds. The molecule has 0 spiro atoms. The zero-order valence-corrected chi connectivity index (χ0v) is 13.6. The van der Waals surface area contributed by atoms with Gasteiger partial charge in [-0.05, 0) is 38.5 Å². The summed E-state index contributed by atoms with van der Waals surface area (Å²) >= 11 is 0. The number of aliphatic hydroxyl groups is 3.